The Kier molecular flexibility index (Phi) is 6.42. The van der Waals surface area contributed by atoms with E-state index in [-0.39, 0.29) is 32.6 Å². The minimum atomic E-state index is -0.629. The van der Waals surface area contributed by atoms with Gasteiger partial charge >= 0.3 is 5.97 Å². The number of hydrogen-bond donors (Lipinski definition) is 2. The summed E-state index contributed by atoms with van der Waals surface area (Å²) in [5.74, 6) is -1.53. The first kappa shape index (κ1) is 23.1. The van der Waals surface area contributed by atoms with Gasteiger partial charge in [0, 0.05) is 5.56 Å². The van der Waals surface area contributed by atoms with E-state index in [4.69, 9.17) is 13.9 Å². The molecule has 0 fully saturated rings. The zero-order valence-corrected chi connectivity index (χ0v) is 19.5. The highest BCUT2D eigenvalue weighted by atomic mass is 32.1. The molecule has 0 amide bonds. The van der Waals surface area contributed by atoms with Gasteiger partial charge in [-0.3, -0.25) is 4.79 Å². The van der Waals surface area contributed by atoms with Crippen LogP contribution in [0.25, 0.3) is 16.6 Å². The molecule has 3 heterocycles. The molecule has 0 aliphatic carbocycles. The number of aromatic hydroxyl groups is 2. The summed E-state index contributed by atoms with van der Waals surface area (Å²) >= 11 is 0.947. The van der Waals surface area contributed by atoms with Crippen molar-refractivity contribution >= 4 is 23.1 Å². The number of benzene rings is 1. The molecule has 0 unspecified atom stereocenters. The molecule has 3 aromatic heterocycles. The lowest BCUT2D eigenvalue weighted by molar-refractivity contribution is 0.0605. The molecular weight excluding hydrogens is 460 g/mol. The second-order valence-electron chi connectivity index (χ2n) is 7.31. The lowest BCUT2D eigenvalue weighted by Gasteiger charge is -2.08. The first-order chi connectivity index (χ1) is 16.4. The van der Waals surface area contributed by atoms with Crippen LogP contribution in [0, 0.1) is 6.92 Å². The van der Waals surface area contributed by atoms with E-state index >= 15 is 0 Å². The van der Waals surface area contributed by atoms with Crippen LogP contribution in [0.1, 0.15) is 44.6 Å². The number of ketones is 1. The third-order valence-corrected chi connectivity index (χ3v) is 6.16. The van der Waals surface area contributed by atoms with Gasteiger partial charge in [-0.15, -0.1) is 0 Å². The van der Waals surface area contributed by atoms with Crippen LogP contribution in [-0.2, 0) is 4.74 Å². The lowest BCUT2D eigenvalue weighted by atomic mass is 10.0. The van der Waals surface area contributed by atoms with E-state index in [0.29, 0.717) is 18.1 Å². The molecule has 0 bridgehead atoms. The van der Waals surface area contributed by atoms with Gasteiger partial charge in [-0.1, -0.05) is 18.3 Å². The topological polar surface area (TPSA) is 124 Å². The van der Waals surface area contributed by atoms with Crippen molar-refractivity contribution in [3.8, 4) is 34.0 Å². The monoisotopic (exact) mass is 482 g/mol. The summed E-state index contributed by atoms with van der Waals surface area (Å²) < 4.78 is 17.0. The SMILES string of the molecule is CCCOc1ccc(C(=O)c2c(O)c(O)n(-c3nc(C)c(C(=O)OC)s3)c2-c2ccco2)cc1. The summed E-state index contributed by atoms with van der Waals surface area (Å²) in [5, 5.41) is 21.8. The fourth-order valence-corrected chi connectivity index (χ4v) is 4.42. The second-order valence-corrected chi connectivity index (χ2v) is 8.29. The Bertz CT molecular complexity index is 1330. The first-order valence-corrected chi connectivity index (χ1v) is 11.2. The van der Waals surface area contributed by atoms with Gasteiger partial charge in [0.15, 0.2) is 22.4 Å². The Hall–Kier alpha value is -4.05. The number of carbonyl (C=O) groups excluding carboxylic acids is 2. The van der Waals surface area contributed by atoms with Crippen LogP contribution in [0.4, 0.5) is 0 Å². The van der Waals surface area contributed by atoms with Gasteiger partial charge in [0.05, 0.1) is 31.2 Å². The van der Waals surface area contributed by atoms with Crippen molar-refractivity contribution in [2.24, 2.45) is 0 Å². The Morgan fingerprint density at radius 2 is 1.91 bits per heavy atom. The molecule has 4 rings (SSSR count). The van der Waals surface area contributed by atoms with Gasteiger partial charge in [0.25, 0.3) is 0 Å². The van der Waals surface area contributed by atoms with Crippen LogP contribution in [0.3, 0.4) is 0 Å². The van der Waals surface area contributed by atoms with Gasteiger partial charge in [0.2, 0.25) is 5.88 Å². The van der Waals surface area contributed by atoms with E-state index in [2.05, 4.69) is 4.98 Å². The number of nitrogens with zero attached hydrogens (tertiary/aromatic N) is 2. The zero-order valence-electron chi connectivity index (χ0n) is 18.7. The van der Waals surface area contributed by atoms with E-state index in [1.807, 2.05) is 6.92 Å². The molecule has 2 N–H and O–H groups in total. The average molecular weight is 483 g/mol. The van der Waals surface area contributed by atoms with E-state index in [9.17, 15) is 19.8 Å². The fourth-order valence-electron chi connectivity index (χ4n) is 3.42. The summed E-state index contributed by atoms with van der Waals surface area (Å²) in [6.45, 7) is 4.16. The number of aryl methyl sites for hydroxylation is 1. The number of carbonyl (C=O) groups is 2. The van der Waals surface area contributed by atoms with Crippen molar-refractivity contribution in [1.82, 2.24) is 9.55 Å². The molecular formula is C24H22N2O7S. The van der Waals surface area contributed by atoms with Crippen LogP contribution < -0.4 is 4.74 Å². The van der Waals surface area contributed by atoms with Crippen molar-refractivity contribution in [3.63, 3.8) is 0 Å². The summed E-state index contributed by atoms with van der Waals surface area (Å²) in [6.07, 6.45) is 2.25. The van der Waals surface area contributed by atoms with E-state index in [0.717, 1.165) is 17.8 Å². The summed E-state index contributed by atoms with van der Waals surface area (Å²) in [7, 11) is 1.25. The smallest absolute Gasteiger partial charge is 0.350 e. The average Bonchev–Trinajstić information content (AvgIpc) is 3.56. The Labute approximate surface area is 198 Å². The van der Waals surface area contributed by atoms with Crippen LogP contribution in [0.5, 0.6) is 17.4 Å². The normalized spacial score (nSPS) is 10.9. The number of furan rings is 1. The van der Waals surface area contributed by atoms with Crippen LogP contribution in [-0.4, -0.2) is 45.2 Å². The summed E-state index contributed by atoms with van der Waals surface area (Å²) in [6, 6.07) is 9.69. The minimum Gasteiger partial charge on any atom is -0.503 e. The first-order valence-electron chi connectivity index (χ1n) is 10.4. The van der Waals surface area contributed by atoms with E-state index in [1.54, 1.807) is 43.3 Å². The predicted octanol–water partition coefficient (Wildman–Crippen LogP) is 4.72. The molecule has 0 saturated carbocycles. The molecule has 0 aliphatic heterocycles. The van der Waals surface area contributed by atoms with Gasteiger partial charge in [-0.25, -0.2) is 14.3 Å². The van der Waals surface area contributed by atoms with Gasteiger partial charge in [-0.05, 0) is 49.7 Å². The minimum absolute atomic E-state index is 0.0986. The number of thiazole rings is 1. The number of esters is 1. The van der Waals surface area contributed by atoms with Crippen molar-refractivity contribution in [2.45, 2.75) is 20.3 Å². The molecule has 0 aliphatic rings. The highest BCUT2D eigenvalue weighted by Crippen LogP contribution is 2.45. The second kappa shape index (κ2) is 9.44. The lowest BCUT2D eigenvalue weighted by Crippen LogP contribution is -2.05. The molecule has 10 heteroatoms. The third kappa shape index (κ3) is 4.03. The molecule has 0 spiro atoms. The quantitative estimate of drug-likeness (QED) is 0.273. The summed E-state index contributed by atoms with van der Waals surface area (Å²) in [5.41, 5.74) is 0.582. The van der Waals surface area contributed by atoms with Crippen LogP contribution in [0.2, 0.25) is 0 Å². The van der Waals surface area contributed by atoms with Gasteiger partial charge < -0.3 is 24.1 Å². The number of rotatable bonds is 8. The van der Waals surface area contributed by atoms with Crippen molar-refractivity contribution in [3.05, 3.63) is 64.4 Å². The van der Waals surface area contributed by atoms with Crippen LogP contribution in [0.15, 0.2) is 47.1 Å². The Morgan fingerprint density at radius 3 is 2.53 bits per heavy atom. The highest BCUT2D eigenvalue weighted by Gasteiger charge is 2.33. The van der Waals surface area contributed by atoms with Gasteiger partial charge in [0.1, 0.15) is 16.3 Å². The molecule has 4 aromatic rings. The highest BCUT2D eigenvalue weighted by molar-refractivity contribution is 7.16. The number of ether oxygens (including phenoxy) is 2. The molecule has 1 aromatic carbocycles. The molecule has 34 heavy (non-hydrogen) atoms. The maximum Gasteiger partial charge on any atom is 0.350 e. The Balaban J connectivity index is 1.87. The predicted molar refractivity (Wildman–Crippen MR) is 124 cm³/mol. The largest absolute Gasteiger partial charge is 0.503 e. The molecule has 0 radical (unpaired) electrons. The van der Waals surface area contributed by atoms with E-state index < -0.39 is 23.4 Å². The van der Waals surface area contributed by atoms with E-state index in [1.165, 1.54) is 17.9 Å². The third-order valence-electron chi connectivity index (χ3n) is 5.04. The molecule has 0 atom stereocenters. The number of hydrogen-bond acceptors (Lipinski definition) is 9. The standard InChI is InChI=1S/C24H22N2O7S/c1-4-11-32-15-9-7-14(8-10-15)19(27)17-18(16-6-5-12-33-16)26(22(29)20(17)28)24-25-13(2)21(34-24)23(30)31-3/h5-10,12,28-29H,4,11H2,1-3H3. The maximum atomic E-state index is 13.5. The maximum absolute atomic E-state index is 13.5. The van der Waals surface area contributed by atoms with Crippen molar-refractivity contribution in [2.75, 3.05) is 13.7 Å². The molecule has 9 nitrogen and oxygen atoms in total. The molecule has 176 valence electrons. The zero-order chi connectivity index (χ0) is 24.4. The van der Waals surface area contributed by atoms with Crippen molar-refractivity contribution < 1.29 is 33.7 Å². The fraction of sp³-hybridized carbons (Fsp3) is 0.208. The van der Waals surface area contributed by atoms with Gasteiger partial charge in [-0.2, -0.15) is 0 Å². The number of methoxy groups -OCH3 is 1. The van der Waals surface area contributed by atoms with Crippen LogP contribution >= 0.6 is 11.3 Å². The van der Waals surface area contributed by atoms with Crippen molar-refractivity contribution in [1.29, 1.82) is 0 Å². The Morgan fingerprint density at radius 1 is 1.18 bits per heavy atom. The number of aromatic nitrogens is 2. The summed E-state index contributed by atoms with van der Waals surface area (Å²) in [4.78, 5) is 30.1. The molecule has 0 saturated heterocycles.